The van der Waals surface area contributed by atoms with E-state index in [0.717, 1.165) is 25.9 Å². The van der Waals surface area contributed by atoms with Crippen LogP contribution in [0.2, 0.25) is 0 Å². The molecular formula is C10H18N2O2. The molecule has 0 bridgehead atoms. The van der Waals surface area contributed by atoms with Crippen LogP contribution >= 0.6 is 0 Å². The highest BCUT2D eigenvalue weighted by Crippen LogP contribution is 2.11. The second kappa shape index (κ2) is 5.10. The largest absolute Gasteiger partial charge is 0.315 e. The molecular weight excluding hydrogens is 180 g/mol. The van der Waals surface area contributed by atoms with Crippen molar-refractivity contribution in [2.75, 3.05) is 13.1 Å². The number of piperidine rings is 1. The number of imide groups is 1. The summed E-state index contributed by atoms with van der Waals surface area (Å²) in [5.41, 5.74) is 0. The second-order valence-corrected chi connectivity index (χ2v) is 3.64. The number of rotatable bonds is 2. The second-order valence-electron chi connectivity index (χ2n) is 3.64. The number of nitrogens with zero attached hydrogens (tertiary/aromatic N) is 1. The molecule has 1 N–H and O–H groups in total. The van der Waals surface area contributed by atoms with Crippen LogP contribution in [0.15, 0.2) is 0 Å². The van der Waals surface area contributed by atoms with Gasteiger partial charge in [0, 0.05) is 19.9 Å². The fourth-order valence-corrected chi connectivity index (χ4v) is 1.86. The van der Waals surface area contributed by atoms with Crippen LogP contribution in [0.25, 0.3) is 0 Å². The van der Waals surface area contributed by atoms with Gasteiger partial charge in [-0.3, -0.25) is 14.5 Å². The molecule has 0 aromatic carbocycles. The van der Waals surface area contributed by atoms with E-state index in [1.807, 2.05) is 0 Å². The Morgan fingerprint density at radius 3 is 2.64 bits per heavy atom. The number of carbonyl (C=O) groups is 2. The summed E-state index contributed by atoms with van der Waals surface area (Å²) < 4.78 is 0. The molecule has 1 heterocycles. The van der Waals surface area contributed by atoms with Crippen LogP contribution in [-0.4, -0.2) is 35.8 Å². The molecule has 80 valence electrons. The topological polar surface area (TPSA) is 49.4 Å². The maximum atomic E-state index is 11.5. The zero-order valence-corrected chi connectivity index (χ0v) is 8.88. The SMILES string of the molecule is CCC(=O)N(C(C)=O)C1CCCNC1. The van der Waals surface area contributed by atoms with E-state index in [2.05, 4.69) is 5.32 Å². The molecule has 1 aliphatic heterocycles. The molecule has 0 aromatic heterocycles. The van der Waals surface area contributed by atoms with Crippen molar-refractivity contribution in [3.63, 3.8) is 0 Å². The van der Waals surface area contributed by atoms with Crippen molar-refractivity contribution < 1.29 is 9.59 Å². The Balaban J connectivity index is 2.65. The summed E-state index contributed by atoms with van der Waals surface area (Å²) in [4.78, 5) is 24.3. The molecule has 14 heavy (non-hydrogen) atoms. The molecule has 1 saturated heterocycles. The number of hydrogen-bond donors (Lipinski definition) is 1. The number of hydrogen-bond acceptors (Lipinski definition) is 3. The van der Waals surface area contributed by atoms with Gasteiger partial charge in [-0.2, -0.15) is 0 Å². The number of amides is 2. The van der Waals surface area contributed by atoms with Gasteiger partial charge in [0.25, 0.3) is 0 Å². The monoisotopic (exact) mass is 198 g/mol. The lowest BCUT2D eigenvalue weighted by molar-refractivity contribution is -0.146. The third kappa shape index (κ3) is 2.54. The molecule has 4 nitrogen and oxygen atoms in total. The summed E-state index contributed by atoms with van der Waals surface area (Å²) in [5.74, 6) is -0.197. The van der Waals surface area contributed by atoms with Crippen molar-refractivity contribution >= 4 is 11.8 Å². The Morgan fingerprint density at radius 1 is 1.50 bits per heavy atom. The standard InChI is InChI=1S/C10H18N2O2/c1-3-10(14)12(8(2)13)9-5-4-6-11-7-9/h9,11H,3-7H2,1-2H3. The van der Waals surface area contributed by atoms with Gasteiger partial charge in [0.1, 0.15) is 0 Å². The Kier molecular flexibility index (Phi) is 4.07. The highest BCUT2D eigenvalue weighted by molar-refractivity contribution is 5.94. The van der Waals surface area contributed by atoms with Crippen LogP contribution < -0.4 is 5.32 Å². The zero-order chi connectivity index (χ0) is 10.6. The van der Waals surface area contributed by atoms with E-state index in [0.29, 0.717) is 6.42 Å². The van der Waals surface area contributed by atoms with Crippen molar-refractivity contribution in [2.24, 2.45) is 0 Å². The average Bonchev–Trinajstić information content (AvgIpc) is 2.19. The maximum Gasteiger partial charge on any atom is 0.229 e. The summed E-state index contributed by atoms with van der Waals surface area (Å²) in [6, 6.07) is 0.0636. The summed E-state index contributed by atoms with van der Waals surface area (Å²) in [5, 5.41) is 3.20. The molecule has 4 heteroatoms. The maximum absolute atomic E-state index is 11.5. The normalized spacial score (nSPS) is 21.7. The third-order valence-electron chi connectivity index (χ3n) is 2.55. The van der Waals surface area contributed by atoms with Crippen molar-refractivity contribution in [1.82, 2.24) is 10.2 Å². The Hall–Kier alpha value is -0.900. The summed E-state index contributed by atoms with van der Waals surface area (Å²) in [6.07, 6.45) is 2.36. The van der Waals surface area contributed by atoms with Crippen LogP contribution in [0.4, 0.5) is 0 Å². The van der Waals surface area contributed by atoms with Crippen molar-refractivity contribution in [2.45, 2.75) is 39.2 Å². The minimum Gasteiger partial charge on any atom is -0.315 e. The van der Waals surface area contributed by atoms with E-state index in [-0.39, 0.29) is 17.9 Å². The lowest BCUT2D eigenvalue weighted by Crippen LogP contribution is -2.50. The van der Waals surface area contributed by atoms with E-state index in [9.17, 15) is 9.59 Å². The number of nitrogens with one attached hydrogen (secondary N) is 1. The summed E-state index contributed by atoms with van der Waals surface area (Å²) >= 11 is 0. The van der Waals surface area contributed by atoms with Crippen LogP contribution in [-0.2, 0) is 9.59 Å². The lowest BCUT2D eigenvalue weighted by atomic mass is 10.1. The van der Waals surface area contributed by atoms with Gasteiger partial charge in [0.15, 0.2) is 0 Å². The van der Waals surface area contributed by atoms with Crippen LogP contribution in [0, 0.1) is 0 Å². The molecule has 1 unspecified atom stereocenters. The molecule has 1 rings (SSSR count). The predicted molar refractivity (Wildman–Crippen MR) is 53.7 cm³/mol. The fourth-order valence-electron chi connectivity index (χ4n) is 1.86. The van der Waals surface area contributed by atoms with E-state index in [1.54, 1.807) is 6.92 Å². The molecule has 0 aromatic rings. The highest BCUT2D eigenvalue weighted by atomic mass is 16.2. The molecule has 0 spiro atoms. The van der Waals surface area contributed by atoms with Crippen molar-refractivity contribution in [1.29, 1.82) is 0 Å². The molecule has 0 saturated carbocycles. The first-order valence-corrected chi connectivity index (χ1v) is 5.20. The Morgan fingerprint density at radius 2 is 2.21 bits per heavy atom. The fraction of sp³-hybridized carbons (Fsp3) is 0.800. The first kappa shape index (κ1) is 11.2. The highest BCUT2D eigenvalue weighted by Gasteiger charge is 2.27. The quantitative estimate of drug-likeness (QED) is 0.704. The van der Waals surface area contributed by atoms with E-state index >= 15 is 0 Å². The smallest absolute Gasteiger partial charge is 0.229 e. The van der Waals surface area contributed by atoms with Gasteiger partial charge in [-0.05, 0) is 19.4 Å². The van der Waals surface area contributed by atoms with Gasteiger partial charge in [-0.1, -0.05) is 6.92 Å². The molecule has 1 fully saturated rings. The van der Waals surface area contributed by atoms with E-state index in [1.165, 1.54) is 11.8 Å². The van der Waals surface area contributed by atoms with E-state index < -0.39 is 0 Å². The lowest BCUT2D eigenvalue weighted by Gasteiger charge is -2.32. The van der Waals surface area contributed by atoms with E-state index in [4.69, 9.17) is 0 Å². The summed E-state index contributed by atoms with van der Waals surface area (Å²) in [6.45, 7) is 4.98. The Labute approximate surface area is 84.7 Å². The molecule has 0 aliphatic carbocycles. The minimum absolute atomic E-state index is 0.0636. The molecule has 2 amide bonds. The van der Waals surface area contributed by atoms with Crippen LogP contribution in [0.3, 0.4) is 0 Å². The van der Waals surface area contributed by atoms with Gasteiger partial charge in [0.2, 0.25) is 11.8 Å². The third-order valence-corrected chi connectivity index (χ3v) is 2.55. The van der Waals surface area contributed by atoms with Gasteiger partial charge in [-0.15, -0.1) is 0 Å². The van der Waals surface area contributed by atoms with Crippen LogP contribution in [0.1, 0.15) is 33.1 Å². The zero-order valence-electron chi connectivity index (χ0n) is 8.88. The van der Waals surface area contributed by atoms with Crippen molar-refractivity contribution in [3.05, 3.63) is 0 Å². The van der Waals surface area contributed by atoms with Crippen LogP contribution in [0.5, 0.6) is 0 Å². The first-order valence-electron chi connectivity index (χ1n) is 5.20. The number of carbonyl (C=O) groups excluding carboxylic acids is 2. The average molecular weight is 198 g/mol. The molecule has 1 atom stereocenters. The molecule has 1 aliphatic rings. The van der Waals surface area contributed by atoms with Gasteiger partial charge < -0.3 is 5.32 Å². The van der Waals surface area contributed by atoms with Crippen molar-refractivity contribution in [3.8, 4) is 0 Å². The minimum atomic E-state index is -0.134. The van der Waals surface area contributed by atoms with Gasteiger partial charge >= 0.3 is 0 Å². The van der Waals surface area contributed by atoms with Gasteiger partial charge in [-0.25, -0.2) is 0 Å². The Bertz CT molecular complexity index is 222. The molecule has 0 radical (unpaired) electrons. The predicted octanol–water partition coefficient (Wildman–Crippen LogP) is 0.523. The first-order chi connectivity index (χ1) is 6.66. The van der Waals surface area contributed by atoms with Gasteiger partial charge in [0.05, 0.1) is 6.04 Å². The summed E-state index contributed by atoms with van der Waals surface area (Å²) in [7, 11) is 0.